The number of hydrogen-bond donors (Lipinski definition) is 1. The van der Waals surface area contributed by atoms with Gasteiger partial charge in [-0.15, -0.1) is 0 Å². The molecule has 1 saturated heterocycles. The third-order valence-electron chi connectivity index (χ3n) is 6.51. The number of aromatic nitrogens is 1. The van der Waals surface area contributed by atoms with Gasteiger partial charge in [-0.2, -0.15) is 0 Å². The minimum Gasteiger partial charge on any atom is -0.335 e. The highest BCUT2D eigenvalue weighted by Gasteiger charge is 2.24. The zero-order chi connectivity index (χ0) is 22.2. The molecule has 2 aliphatic rings. The number of nitrogens with one attached hydrogen (secondary N) is 1. The third kappa shape index (κ3) is 6.19. The molecule has 0 bridgehead atoms. The molecule has 6 nitrogen and oxygen atoms in total. The SMILES string of the molecule is O=C(NC1CCCCC1)N1CCN(CCCN(c2ccc(F)cc2)c2ccccn2)CC1. The Kier molecular flexibility index (Phi) is 7.93. The molecule has 1 aromatic carbocycles. The van der Waals surface area contributed by atoms with Gasteiger partial charge >= 0.3 is 6.03 Å². The molecule has 2 fully saturated rings. The van der Waals surface area contributed by atoms with Crippen molar-refractivity contribution in [1.29, 1.82) is 0 Å². The summed E-state index contributed by atoms with van der Waals surface area (Å²) in [5.41, 5.74) is 0.939. The number of halogens is 1. The fourth-order valence-electron chi connectivity index (χ4n) is 4.65. The minimum atomic E-state index is -0.236. The van der Waals surface area contributed by atoms with Crippen LogP contribution in [0.1, 0.15) is 38.5 Å². The average Bonchev–Trinajstić information content (AvgIpc) is 2.84. The predicted octanol–water partition coefficient (Wildman–Crippen LogP) is 4.41. The first-order chi connectivity index (χ1) is 15.7. The summed E-state index contributed by atoms with van der Waals surface area (Å²) in [5, 5.41) is 3.23. The van der Waals surface area contributed by atoms with Crippen LogP contribution in [0.2, 0.25) is 0 Å². The molecule has 4 rings (SSSR count). The Morgan fingerprint density at radius 3 is 2.47 bits per heavy atom. The molecule has 7 heteroatoms. The van der Waals surface area contributed by atoms with Crippen LogP contribution in [0, 0.1) is 5.82 Å². The van der Waals surface area contributed by atoms with E-state index in [-0.39, 0.29) is 11.8 Å². The molecule has 172 valence electrons. The molecule has 2 amide bonds. The maximum Gasteiger partial charge on any atom is 0.317 e. The first-order valence-corrected chi connectivity index (χ1v) is 11.9. The highest BCUT2D eigenvalue weighted by atomic mass is 19.1. The largest absolute Gasteiger partial charge is 0.335 e. The molecule has 0 atom stereocenters. The topological polar surface area (TPSA) is 51.7 Å². The van der Waals surface area contributed by atoms with Gasteiger partial charge in [0.05, 0.1) is 0 Å². The van der Waals surface area contributed by atoms with Crippen molar-refractivity contribution in [3.05, 3.63) is 54.5 Å². The number of pyridine rings is 1. The van der Waals surface area contributed by atoms with Crippen LogP contribution in [-0.2, 0) is 0 Å². The van der Waals surface area contributed by atoms with Crippen molar-refractivity contribution in [2.24, 2.45) is 0 Å². The molecule has 1 aromatic heterocycles. The van der Waals surface area contributed by atoms with Crippen molar-refractivity contribution < 1.29 is 9.18 Å². The highest BCUT2D eigenvalue weighted by Crippen LogP contribution is 2.24. The molecule has 0 unspecified atom stereocenters. The number of urea groups is 1. The zero-order valence-corrected chi connectivity index (χ0v) is 18.8. The lowest BCUT2D eigenvalue weighted by molar-refractivity contribution is 0.135. The van der Waals surface area contributed by atoms with E-state index >= 15 is 0 Å². The van der Waals surface area contributed by atoms with Gasteiger partial charge in [0.1, 0.15) is 11.6 Å². The van der Waals surface area contributed by atoms with Crippen molar-refractivity contribution in [3.63, 3.8) is 0 Å². The van der Waals surface area contributed by atoms with Crippen LogP contribution in [0.5, 0.6) is 0 Å². The van der Waals surface area contributed by atoms with E-state index in [0.29, 0.717) is 6.04 Å². The van der Waals surface area contributed by atoms with E-state index in [1.807, 2.05) is 23.1 Å². The van der Waals surface area contributed by atoms with E-state index in [2.05, 4.69) is 20.1 Å². The van der Waals surface area contributed by atoms with E-state index in [0.717, 1.165) is 70.0 Å². The monoisotopic (exact) mass is 439 g/mol. The number of hydrogen-bond acceptors (Lipinski definition) is 4. The summed E-state index contributed by atoms with van der Waals surface area (Å²) in [7, 11) is 0. The van der Waals surface area contributed by atoms with Crippen LogP contribution in [0.3, 0.4) is 0 Å². The lowest BCUT2D eigenvalue weighted by atomic mass is 9.96. The molecule has 32 heavy (non-hydrogen) atoms. The van der Waals surface area contributed by atoms with Crippen LogP contribution < -0.4 is 10.2 Å². The molecule has 1 saturated carbocycles. The lowest BCUT2D eigenvalue weighted by Gasteiger charge is -2.36. The summed E-state index contributed by atoms with van der Waals surface area (Å²) < 4.78 is 13.4. The van der Waals surface area contributed by atoms with Gasteiger partial charge in [0.15, 0.2) is 0 Å². The molecular weight excluding hydrogens is 405 g/mol. The summed E-state index contributed by atoms with van der Waals surface area (Å²) in [6.07, 6.45) is 8.73. The number of piperazine rings is 1. The first-order valence-electron chi connectivity index (χ1n) is 11.9. The van der Waals surface area contributed by atoms with Crippen molar-refractivity contribution in [2.45, 2.75) is 44.6 Å². The van der Waals surface area contributed by atoms with E-state index in [4.69, 9.17) is 0 Å². The van der Waals surface area contributed by atoms with Crippen LogP contribution in [0.15, 0.2) is 48.7 Å². The number of carbonyl (C=O) groups is 1. The van der Waals surface area contributed by atoms with E-state index < -0.39 is 0 Å². The van der Waals surface area contributed by atoms with Gasteiger partial charge in [0, 0.05) is 50.6 Å². The molecule has 2 aromatic rings. The number of amides is 2. The smallest absolute Gasteiger partial charge is 0.317 e. The van der Waals surface area contributed by atoms with E-state index in [9.17, 15) is 9.18 Å². The maximum absolute atomic E-state index is 13.4. The number of carbonyl (C=O) groups excluding carboxylic acids is 1. The Bertz CT molecular complexity index is 833. The van der Waals surface area contributed by atoms with E-state index in [1.54, 1.807) is 18.3 Å². The molecule has 1 aliphatic carbocycles. The lowest BCUT2D eigenvalue weighted by Crippen LogP contribution is -2.53. The highest BCUT2D eigenvalue weighted by molar-refractivity contribution is 5.74. The molecule has 0 radical (unpaired) electrons. The second kappa shape index (κ2) is 11.3. The van der Waals surface area contributed by atoms with Crippen LogP contribution in [0.25, 0.3) is 0 Å². The number of benzene rings is 1. The summed E-state index contributed by atoms with van der Waals surface area (Å²) >= 11 is 0. The van der Waals surface area contributed by atoms with Gasteiger partial charge in [-0.1, -0.05) is 25.3 Å². The zero-order valence-electron chi connectivity index (χ0n) is 18.8. The Labute approximate surface area is 190 Å². The average molecular weight is 440 g/mol. The third-order valence-corrected chi connectivity index (χ3v) is 6.51. The second-order valence-corrected chi connectivity index (χ2v) is 8.78. The van der Waals surface area contributed by atoms with Crippen LogP contribution >= 0.6 is 0 Å². The van der Waals surface area contributed by atoms with Gasteiger partial charge in [0.2, 0.25) is 0 Å². The Morgan fingerprint density at radius 1 is 1.03 bits per heavy atom. The van der Waals surface area contributed by atoms with Gasteiger partial charge in [0.25, 0.3) is 0 Å². The summed E-state index contributed by atoms with van der Waals surface area (Å²) in [4.78, 5) is 23.6. The van der Waals surface area contributed by atoms with Crippen molar-refractivity contribution in [3.8, 4) is 0 Å². The fourth-order valence-corrected chi connectivity index (χ4v) is 4.65. The Hall–Kier alpha value is -2.67. The maximum atomic E-state index is 13.4. The first kappa shape index (κ1) is 22.5. The molecule has 2 heterocycles. The van der Waals surface area contributed by atoms with Crippen molar-refractivity contribution in [2.75, 3.05) is 44.2 Å². The van der Waals surface area contributed by atoms with Gasteiger partial charge in [-0.3, -0.25) is 4.90 Å². The number of nitrogens with zero attached hydrogens (tertiary/aromatic N) is 4. The molecule has 1 aliphatic heterocycles. The molecular formula is C25H34FN5O. The van der Waals surface area contributed by atoms with Gasteiger partial charge in [-0.25, -0.2) is 14.2 Å². The number of rotatable bonds is 7. The van der Waals surface area contributed by atoms with Crippen LogP contribution in [0.4, 0.5) is 20.7 Å². The predicted molar refractivity (Wildman–Crippen MR) is 126 cm³/mol. The number of anilines is 2. The normalized spacial score (nSPS) is 17.8. The standard InChI is InChI=1S/C25H34FN5O/c26-21-10-12-23(13-11-21)31(24-9-4-5-14-27-24)16-6-15-29-17-19-30(20-18-29)25(32)28-22-7-2-1-3-8-22/h4-5,9-14,22H,1-3,6-8,15-20H2,(H,28,32). The Balaban J connectivity index is 1.24. The van der Waals surface area contributed by atoms with Gasteiger partial charge < -0.3 is 15.1 Å². The molecule has 0 spiro atoms. The summed E-state index contributed by atoms with van der Waals surface area (Å²) in [5.74, 6) is 0.628. The summed E-state index contributed by atoms with van der Waals surface area (Å²) in [6, 6.07) is 12.9. The minimum absolute atomic E-state index is 0.106. The quantitative estimate of drug-likeness (QED) is 0.694. The molecule has 1 N–H and O–H groups in total. The van der Waals surface area contributed by atoms with Crippen molar-refractivity contribution in [1.82, 2.24) is 20.1 Å². The van der Waals surface area contributed by atoms with Crippen molar-refractivity contribution >= 4 is 17.5 Å². The summed E-state index contributed by atoms with van der Waals surface area (Å²) in [6.45, 7) is 5.12. The second-order valence-electron chi connectivity index (χ2n) is 8.78. The fraction of sp³-hybridized carbons (Fsp3) is 0.520. The van der Waals surface area contributed by atoms with Gasteiger partial charge in [-0.05, 0) is 62.2 Å². The Morgan fingerprint density at radius 2 is 1.78 bits per heavy atom. The van der Waals surface area contributed by atoms with Crippen LogP contribution in [-0.4, -0.2) is 66.1 Å². The van der Waals surface area contributed by atoms with E-state index in [1.165, 1.54) is 31.4 Å².